The number of carboxylic acid groups (broad SMARTS) is 1. The van der Waals surface area contributed by atoms with Crippen LogP contribution in [0, 0.1) is 3.57 Å². The lowest BCUT2D eigenvalue weighted by Crippen LogP contribution is -2.14. The standard InChI is InChI=1S/C8H7F2IN2O2/c9-7(10)5-3(11)2-13-4(1-12)6(5)8(14)15/h2,7H,1,12H2,(H,14,15). The van der Waals surface area contributed by atoms with Gasteiger partial charge in [-0.15, -0.1) is 0 Å². The van der Waals surface area contributed by atoms with Crippen LogP contribution in [-0.4, -0.2) is 16.1 Å². The molecule has 7 heteroatoms. The Hall–Kier alpha value is -0.830. The molecule has 82 valence electrons. The number of aromatic nitrogens is 1. The van der Waals surface area contributed by atoms with E-state index in [1.807, 2.05) is 0 Å². The van der Waals surface area contributed by atoms with Crippen molar-refractivity contribution in [1.82, 2.24) is 4.98 Å². The van der Waals surface area contributed by atoms with Crippen molar-refractivity contribution in [2.24, 2.45) is 5.73 Å². The first-order chi connectivity index (χ1) is 6.99. The maximum Gasteiger partial charge on any atom is 0.338 e. The van der Waals surface area contributed by atoms with Crippen LogP contribution in [0.5, 0.6) is 0 Å². The summed E-state index contributed by atoms with van der Waals surface area (Å²) in [5.74, 6) is -1.43. The molecule has 3 N–H and O–H groups in total. The third kappa shape index (κ3) is 2.40. The van der Waals surface area contributed by atoms with Crippen LogP contribution in [0.1, 0.15) is 28.0 Å². The predicted molar refractivity (Wildman–Crippen MR) is 56.8 cm³/mol. The first kappa shape index (κ1) is 12.2. The Kier molecular flexibility index (Phi) is 3.91. The number of hydrogen-bond donors (Lipinski definition) is 2. The Morgan fingerprint density at radius 1 is 1.67 bits per heavy atom. The van der Waals surface area contributed by atoms with E-state index in [0.717, 1.165) is 0 Å². The van der Waals surface area contributed by atoms with Crippen LogP contribution in [0.3, 0.4) is 0 Å². The summed E-state index contributed by atoms with van der Waals surface area (Å²) >= 11 is 1.62. The van der Waals surface area contributed by atoms with Gasteiger partial charge in [-0.3, -0.25) is 4.98 Å². The van der Waals surface area contributed by atoms with Gasteiger partial charge in [0.25, 0.3) is 6.43 Å². The van der Waals surface area contributed by atoms with E-state index in [2.05, 4.69) is 4.98 Å². The zero-order chi connectivity index (χ0) is 11.6. The molecule has 0 unspecified atom stereocenters. The zero-order valence-electron chi connectivity index (χ0n) is 7.38. The summed E-state index contributed by atoms with van der Waals surface area (Å²) in [5, 5.41) is 8.82. The van der Waals surface area contributed by atoms with Crippen molar-refractivity contribution in [1.29, 1.82) is 0 Å². The van der Waals surface area contributed by atoms with Crippen LogP contribution in [0.25, 0.3) is 0 Å². The molecule has 1 aromatic heterocycles. The molecule has 0 fully saturated rings. The summed E-state index contributed by atoms with van der Waals surface area (Å²) < 4.78 is 25.4. The molecule has 0 aliphatic rings. The van der Waals surface area contributed by atoms with Gasteiger partial charge in [0.15, 0.2) is 0 Å². The average Bonchev–Trinajstić information content (AvgIpc) is 2.16. The highest BCUT2D eigenvalue weighted by Gasteiger charge is 2.24. The van der Waals surface area contributed by atoms with Gasteiger partial charge in [-0.25, -0.2) is 13.6 Å². The second-order valence-electron chi connectivity index (χ2n) is 2.65. The van der Waals surface area contributed by atoms with Crippen molar-refractivity contribution in [3.05, 3.63) is 26.6 Å². The first-order valence-corrected chi connectivity index (χ1v) is 4.95. The third-order valence-electron chi connectivity index (χ3n) is 1.77. The highest BCUT2D eigenvalue weighted by atomic mass is 127. The molecule has 0 bridgehead atoms. The van der Waals surface area contributed by atoms with Crippen molar-refractivity contribution in [2.45, 2.75) is 13.0 Å². The predicted octanol–water partition coefficient (Wildman–Crippen LogP) is 1.78. The molecule has 0 aliphatic carbocycles. The normalized spacial score (nSPS) is 10.7. The van der Waals surface area contributed by atoms with Crippen LogP contribution in [0.15, 0.2) is 6.20 Å². The van der Waals surface area contributed by atoms with Gasteiger partial charge in [0.05, 0.1) is 11.3 Å². The number of nitrogens with two attached hydrogens (primary N) is 1. The number of rotatable bonds is 3. The van der Waals surface area contributed by atoms with E-state index in [1.54, 1.807) is 22.6 Å². The number of carbonyl (C=O) groups is 1. The fourth-order valence-corrected chi connectivity index (χ4v) is 1.79. The lowest BCUT2D eigenvalue weighted by molar-refractivity contribution is 0.0682. The highest BCUT2D eigenvalue weighted by Crippen LogP contribution is 2.29. The number of carboxylic acids is 1. The Balaban J connectivity index is 3.51. The molecule has 0 atom stereocenters. The van der Waals surface area contributed by atoms with E-state index in [4.69, 9.17) is 10.8 Å². The van der Waals surface area contributed by atoms with Gasteiger partial charge in [-0.2, -0.15) is 0 Å². The molecule has 0 spiro atoms. The van der Waals surface area contributed by atoms with Crippen molar-refractivity contribution < 1.29 is 18.7 Å². The summed E-state index contributed by atoms with van der Waals surface area (Å²) in [6.07, 6.45) is -1.66. The van der Waals surface area contributed by atoms with Crippen molar-refractivity contribution >= 4 is 28.6 Å². The van der Waals surface area contributed by atoms with Gasteiger partial charge in [0.2, 0.25) is 0 Å². The number of aromatic carboxylic acids is 1. The number of hydrogen-bond acceptors (Lipinski definition) is 3. The van der Waals surface area contributed by atoms with Crippen LogP contribution >= 0.6 is 22.6 Å². The molecule has 0 aromatic carbocycles. The van der Waals surface area contributed by atoms with Crippen LogP contribution < -0.4 is 5.73 Å². The number of pyridine rings is 1. The van der Waals surface area contributed by atoms with E-state index in [1.165, 1.54) is 6.20 Å². The number of alkyl halides is 2. The maximum absolute atomic E-state index is 12.6. The minimum absolute atomic E-state index is 0.0294. The molecule has 15 heavy (non-hydrogen) atoms. The molecule has 0 amide bonds. The second-order valence-corrected chi connectivity index (χ2v) is 3.81. The lowest BCUT2D eigenvalue weighted by atomic mass is 10.1. The molecule has 0 aliphatic heterocycles. The Bertz CT molecular complexity index is 398. The van der Waals surface area contributed by atoms with Crippen molar-refractivity contribution in [2.75, 3.05) is 0 Å². The van der Waals surface area contributed by atoms with Crippen molar-refractivity contribution in [3.8, 4) is 0 Å². The fraction of sp³-hybridized carbons (Fsp3) is 0.250. The van der Waals surface area contributed by atoms with Gasteiger partial charge in [-0.1, -0.05) is 0 Å². The minimum Gasteiger partial charge on any atom is -0.478 e. The highest BCUT2D eigenvalue weighted by molar-refractivity contribution is 14.1. The number of halogens is 3. The van der Waals surface area contributed by atoms with Crippen LogP contribution in [-0.2, 0) is 6.54 Å². The van der Waals surface area contributed by atoms with Crippen LogP contribution in [0.4, 0.5) is 8.78 Å². The zero-order valence-corrected chi connectivity index (χ0v) is 9.53. The summed E-state index contributed by atoms with van der Waals surface area (Å²) in [4.78, 5) is 14.5. The van der Waals surface area contributed by atoms with Gasteiger partial charge < -0.3 is 10.8 Å². The Morgan fingerprint density at radius 3 is 2.67 bits per heavy atom. The monoisotopic (exact) mass is 328 g/mol. The van der Waals surface area contributed by atoms with Crippen molar-refractivity contribution in [3.63, 3.8) is 0 Å². The summed E-state index contributed by atoms with van der Waals surface area (Å²) in [7, 11) is 0. The van der Waals surface area contributed by atoms with Gasteiger partial charge in [0.1, 0.15) is 0 Å². The van der Waals surface area contributed by atoms with E-state index < -0.39 is 23.5 Å². The maximum atomic E-state index is 12.6. The molecular formula is C8H7F2IN2O2. The lowest BCUT2D eigenvalue weighted by Gasteiger charge is -2.10. The van der Waals surface area contributed by atoms with Crippen LogP contribution in [0.2, 0.25) is 0 Å². The fourth-order valence-electron chi connectivity index (χ4n) is 1.15. The summed E-state index contributed by atoms with van der Waals surface area (Å²) in [6, 6.07) is 0. The summed E-state index contributed by atoms with van der Waals surface area (Å²) in [6.45, 7) is -0.182. The summed E-state index contributed by atoms with van der Waals surface area (Å²) in [5.41, 5.74) is 4.20. The van der Waals surface area contributed by atoms with E-state index in [0.29, 0.717) is 0 Å². The second kappa shape index (κ2) is 4.79. The molecule has 0 saturated carbocycles. The molecule has 0 saturated heterocycles. The largest absolute Gasteiger partial charge is 0.478 e. The minimum atomic E-state index is -2.85. The molecular weight excluding hydrogens is 321 g/mol. The average molecular weight is 328 g/mol. The third-order valence-corrected chi connectivity index (χ3v) is 2.63. The smallest absolute Gasteiger partial charge is 0.338 e. The number of nitrogens with zero attached hydrogens (tertiary/aromatic N) is 1. The Labute approximate surface area is 97.6 Å². The van der Waals surface area contributed by atoms with E-state index in [-0.39, 0.29) is 15.8 Å². The van der Waals surface area contributed by atoms with Gasteiger partial charge in [0, 0.05) is 21.9 Å². The molecule has 1 heterocycles. The molecule has 4 nitrogen and oxygen atoms in total. The topological polar surface area (TPSA) is 76.2 Å². The first-order valence-electron chi connectivity index (χ1n) is 3.87. The van der Waals surface area contributed by atoms with E-state index in [9.17, 15) is 13.6 Å². The van der Waals surface area contributed by atoms with Gasteiger partial charge in [-0.05, 0) is 22.6 Å². The molecule has 1 aromatic rings. The SMILES string of the molecule is NCc1ncc(I)c(C(F)F)c1C(=O)O. The van der Waals surface area contributed by atoms with E-state index >= 15 is 0 Å². The quantitative estimate of drug-likeness (QED) is 0.830. The Morgan fingerprint density at radius 2 is 2.27 bits per heavy atom. The molecule has 0 radical (unpaired) electrons. The molecule has 1 rings (SSSR count). The van der Waals surface area contributed by atoms with Gasteiger partial charge >= 0.3 is 5.97 Å².